The number of ether oxygens (including phenoxy) is 1. The van der Waals surface area contributed by atoms with Crippen LogP contribution in [0, 0.1) is 13.8 Å². The maximum Gasteiger partial charge on any atom is 0.293 e. The summed E-state index contributed by atoms with van der Waals surface area (Å²) in [6.45, 7) is 2.89. The lowest BCUT2D eigenvalue weighted by Crippen LogP contribution is -2.14. The Bertz CT molecular complexity index is 291. The van der Waals surface area contributed by atoms with Gasteiger partial charge in [-0.25, -0.2) is 13.8 Å². The van der Waals surface area contributed by atoms with Crippen molar-refractivity contribution < 1.29 is 18.5 Å². The van der Waals surface area contributed by atoms with E-state index in [4.69, 9.17) is 4.74 Å². The van der Waals surface area contributed by atoms with Gasteiger partial charge in [0.15, 0.2) is 5.69 Å². The molecule has 0 saturated heterocycles. The summed E-state index contributed by atoms with van der Waals surface area (Å²) in [6, 6.07) is 0. The summed E-state index contributed by atoms with van der Waals surface area (Å²) in [5.41, 5.74) is 0.608. The minimum Gasteiger partial charge on any atom is -0.480 e. The molecule has 0 aromatic carbocycles. The van der Waals surface area contributed by atoms with Gasteiger partial charge in [0.25, 0.3) is 12.2 Å². The molecule has 0 spiro atoms. The fraction of sp³-hybridized carbons (Fsp3) is 0.500. The summed E-state index contributed by atoms with van der Waals surface area (Å²) in [5.74, 6) is 1.09. The molecule has 1 aromatic heterocycles. The average Bonchev–Trinajstić information content (AvgIpc) is 2.02. The van der Waals surface area contributed by atoms with Crippen molar-refractivity contribution in [1.82, 2.24) is 4.98 Å². The summed E-state index contributed by atoms with van der Waals surface area (Å²) < 4.78 is 28.4. The van der Waals surface area contributed by atoms with Crippen molar-refractivity contribution in [1.29, 1.82) is 0 Å². The highest BCUT2D eigenvalue weighted by Crippen LogP contribution is 2.12. The number of alkyl halides is 2. The Hall–Kier alpha value is -1.26. The minimum atomic E-state index is -2.46. The number of rotatable bonds is 3. The summed E-state index contributed by atoms with van der Waals surface area (Å²) in [5, 5.41) is 0. The average molecular weight is 189 g/mol. The Balaban J connectivity index is 2.67. The molecule has 3 nitrogen and oxygen atoms in total. The van der Waals surface area contributed by atoms with E-state index in [1.54, 1.807) is 13.8 Å². The first-order chi connectivity index (χ1) is 6.09. The molecule has 0 unspecified atom stereocenters. The second-order valence-corrected chi connectivity index (χ2v) is 2.64. The molecular formula is C8H11F2N2O+. The summed E-state index contributed by atoms with van der Waals surface area (Å²) in [6.07, 6.45) is -0.930. The van der Waals surface area contributed by atoms with Crippen molar-refractivity contribution in [2.24, 2.45) is 0 Å². The van der Waals surface area contributed by atoms with E-state index in [2.05, 4.69) is 9.97 Å². The molecule has 0 saturated carbocycles. The fourth-order valence-corrected chi connectivity index (χ4v) is 0.912. The van der Waals surface area contributed by atoms with Crippen LogP contribution in [0.2, 0.25) is 0 Å². The molecule has 0 aliphatic rings. The van der Waals surface area contributed by atoms with Crippen LogP contribution in [-0.4, -0.2) is 18.0 Å². The number of aromatic amines is 1. The number of nitrogens with one attached hydrogen (secondary N) is 1. The number of halogens is 2. The largest absolute Gasteiger partial charge is 0.480 e. The van der Waals surface area contributed by atoms with E-state index in [1.165, 1.54) is 6.20 Å². The molecule has 0 aliphatic carbocycles. The highest BCUT2D eigenvalue weighted by molar-refractivity contribution is 5.20. The SMILES string of the molecule is Cc1nc(C)c(OCC(F)F)c[nH+]1. The van der Waals surface area contributed by atoms with Gasteiger partial charge >= 0.3 is 0 Å². The molecule has 1 rings (SSSR count). The molecule has 1 N–H and O–H groups in total. The van der Waals surface area contributed by atoms with Crippen molar-refractivity contribution in [3.05, 3.63) is 17.7 Å². The first kappa shape index (κ1) is 9.83. The van der Waals surface area contributed by atoms with Crippen LogP contribution in [0.15, 0.2) is 6.20 Å². The normalized spacial score (nSPS) is 10.5. The van der Waals surface area contributed by atoms with Crippen LogP contribution < -0.4 is 9.72 Å². The maximum absolute atomic E-state index is 11.8. The van der Waals surface area contributed by atoms with Gasteiger partial charge in [0.05, 0.1) is 0 Å². The third kappa shape index (κ3) is 2.93. The van der Waals surface area contributed by atoms with E-state index in [0.717, 1.165) is 5.82 Å². The zero-order valence-electron chi connectivity index (χ0n) is 7.47. The molecule has 0 radical (unpaired) electrons. The number of aromatic nitrogens is 2. The number of hydrogen-bond acceptors (Lipinski definition) is 2. The highest BCUT2D eigenvalue weighted by atomic mass is 19.3. The molecule has 0 aliphatic heterocycles. The van der Waals surface area contributed by atoms with E-state index in [0.29, 0.717) is 11.4 Å². The topological polar surface area (TPSA) is 36.3 Å². The molecule has 72 valence electrons. The lowest BCUT2D eigenvalue weighted by molar-refractivity contribution is -0.394. The Morgan fingerprint density at radius 1 is 1.54 bits per heavy atom. The van der Waals surface area contributed by atoms with Gasteiger partial charge in [-0.15, -0.1) is 0 Å². The van der Waals surface area contributed by atoms with E-state index >= 15 is 0 Å². The third-order valence-corrected chi connectivity index (χ3v) is 1.47. The Morgan fingerprint density at radius 3 is 2.77 bits per heavy atom. The van der Waals surface area contributed by atoms with Crippen LogP contribution in [0.3, 0.4) is 0 Å². The van der Waals surface area contributed by atoms with Crippen molar-refractivity contribution >= 4 is 0 Å². The number of nitrogens with zero attached hydrogens (tertiary/aromatic N) is 1. The predicted octanol–water partition coefficient (Wildman–Crippen LogP) is 1.16. The van der Waals surface area contributed by atoms with Gasteiger partial charge < -0.3 is 4.74 Å². The molecule has 1 heterocycles. The molecule has 0 amide bonds. The lowest BCUT2D eigenvalue weighted by atomic mass is 10.4. The fourth-order valence-electron chi connectivity index (χ4n) is 0.912. The monoisotopic (exact) mass is 189 g/mol. The molecular weight excluding hydrogens is 178 g/mol. The lowest BCUT2D eigenvalue weighted by Gasteiger charge is -2.03. The van der Waals surface area contributed by atoms with Crippen molar-refractivity contribution in [3.8, 4) is 5.75 Å². The van der Waals surface area contributed by atoms with E-state index in [1.807, 2.05) is 0 Å². The standard InChI is InChI=1S/C8H10F2N2O/c1-5-7(13-4-8(9)10)3-11-6(2)12-5/h3,8H,4H2,1-2H3/p+1. The van der Waals surface area contributed by atoms with Gasteiger partial charge in [0.1, 0.15) is 12.8 Å². The van der Waals surface area contributed by atoms with Crippen LogP contribution >= 0.6 is 0 Å². The highest BCUT2D eigenvalue weighted by Gasteiger charge is 2.11. The smallest absolute Gasteiger partial charge is 0.293 e. The van der Waals surface area contributed by atoms with Gasteiger partial charge in [-0.2, -0.15) is 0 Å². The first-order valence-corrected chi connectivity index (χ1v) is 3.86. The summed E-state index contributed by atoms with van der Waals surface area (Å²) in [7, 11) is 0. The van der Waals surface area contributed by atoms with Gasteiger partial charge in [0, 0.05) is 13.8 Å². The van der Waals surface area contributed by atoms with Crippen LogP contribution in [-0.2, 0) is 0 Å². The Kier molecular flexibility index (Phi) is 3.11. The van der Waals surface area contributed by atoms with E-state index < -0.39 is 13.0 Å². The summed E-state index contributed by atoms with van der Waals surface area (Å²) >= 11 is 0. The van der Waals surface area contributed by atoms with Crippen molar-refractivity contribution in [3.63, 3.8) is 0 Å². The number of hydrogen-bond donors (Lipinski definition) is 0. The van der Waals surface area contributed by atoms with Crippen LogP contribution in [0.4, 0.5) is 8.78 Å². The van der Waals surface area contributed by atoms with Crippen molar-refractivity contribution in [2.45, 2.75) is 20.3 Å². The maximum atomic E-state index is 11.8. The second kappa shape index (κ2) is 4.11. The minimum absolute atomic E-state index is 0.367. The van der Waals surface area contributed by atoms with Gasteiger partial charge in [-0.1, -0.05) is 0 Å². The molecule has 0 atom stereocenters. The second-order valence-electron chi connectivity index (χ2n) is 2.64. The van der Waals surface area contributed by atoms with Crippen molar-refractivity contribution in [2.75, 3.05) is 6.61 Å². The quantitative estimate of drug-likeness (QED) is 0.715. The van der Waals surface area contributed by atoms with Crippen LogP contribution in [0.5, 0.6) is 5.75 Å². The van der Waals surface area contributed by atoms with Crippen LogP contribution in [0.1, 0.15) is 11.5 Å². The molecule has 0 fully saturated rings. The zero-order valence-corrected chi connectivity index (χ0v) is 7.47. The molecule has 0 bridgehead atoms. The molecule has 13 heavy (non-hydrogen) atoms. The van der Waals surface area contributed by atoms with E-state index in [9.17, 15) is 8.78 Å². The van der Waals surface area contributed by atoms with Crippen LogP contribution in [0.25, 0.3) is 0 Å². The van der Waals surface area contributed by atoms with Gasteiger partial charge in [-0.05, 0) is 4.98 Å². The summed E-state index contributed by atoms with van der Waals surface area (Å²) in [4.78, 5) is 6.81. The Morgan fingerprint density at radius 2 is 2.23 bits per heavy atom. The zero-order chi connectivity index (χ0) is 9.84. The molecule has 5 heteroatoms. The molecule has 1 aromatic rings. The first-order valence-electron chi connectivity index (χ1n) is 3.86. The third-order valence-electron chi connectivity index (χ3n) is 1.47. The van der Waals surface area contributed by atoms with E-state index in [-0.39, 0.29) is 0 Å². The Labute approximate surface area is 74.8 Å². The predicted molar refractivity (Wildman–Crippen MR) is 41.8 cm³/mol. The number of H-pyrrole nitrogens is 1. The van der Waals surface area contributed by atoms with Gasteiger partial charge in [-0.3, -0.25) is 0 Å². The number of aryl methyl sites for hydroxylation is 2. The van der Waals surface area contributed by atoms with Gasteiger partial charge in [0.2, 0.25) is 5.75 Å².